The molecule has 0 heterocycles. The molecule has 0 aromatic rings. The number of likely N-dealkylation sites (N-methyl/N-ethyl adjacent to an activating group) is 1. The summed E-state index contributed by atoms with van der Waals surface area (Å²) in [4.78, 5) is 37.6. The van der Waals surface area contributed by atoms with Gasteiger partial charge in [-0.15, -0.1) is 0 Å². The van der Waals surface area contributed by atoms with Crippen molar-refractivity contribution >= 4 is 17.9 Å². The number of unbranched alkanes of at least 4 members (excludes halogenated alkanes) is 49. The van der Waals surface area contributed by atoms with Gasteiger partial charge in [0, 0.05) is 12.8 Å². The van der Waals surface area contributed by atoms with Crippen molar-refractivity contribution in [1.82, 2.24) is 0 Å². The SMILES string of the molecule is CCCCCCC/C=C\C/C=C\C/C=C\CCCCCCCCCCCCCCCCCCCCCCCCCCCCC(=O)OC(COC(=O)CCCCCCCCCCCCCCC/C=C\C/C=C\CCCCCCC)COC(OCC[N+](C)(C)C)C(=O)[O-]. The third kappa shape index (κ3) is 74.3. The van der Waals surface area contributed by atoms with Gasteiger partial charge in [-0.1, -0.05) is 351 Å². The molecule has 0 aliphatic heterocycles. The van der Waals surface area contributed by atoms with Gasteiger partial charge in [0.25, 0.3) is 0 Å². The summed E-state index contributed by atoms with van der Waals surface area (Å²) in [6.07, 6.45) is 93.4. The number of hydrogen-bond donors (Lipinski definition) is 0. The lowest BCUT2D eigenvalue weighted by Crippen LogP contribution is -2.44. The Morgan fingerprint density at radius 2 is 0.593 bits per heavy atom. The van der Waals surface area contributed by atoms with Gasteiger partial charge in [0.05, 0.1) is 40.3 Å². The van der Waals surface area contributed by atoms with E-state index in [1.54, 1.807) is 0 Å². The molecule has 0 amide bonds. The molecular formula is C82H151NO8. The van der Waals surface area contributed by atoms with Gasteiger partial charge in [0.2, 0.25) is 0 Å². The zero-order chi connectivity index (χ0) is 66.1. The first-order valence-corrected chi connectivity index (χ1v) is 39.4. The maximum absolute atomic E-state index is 13.0. The second kappa shape index (κ2) is 72.8. The summed E-state index contributed by atoms with van der Waals surface area (Å²) in [5.74, 6) is -2.26. The van der Waals surface area contributed by atoms with E-state index in [1.165, 1.54) is 302 Å². The predicted molar refractivity (Wildman–Crippen MR) is 389 cm³/mol. The number of hydrogen-bond acceptors (Lipinski definition) is 8. The molecule has 9 nitrogen and oxygen atoms in total. The van der Waals surface area contributed by atoms with Crippen molar-refractivity contribution in [3.05, 3.63) is 60.8 Å². The summed E-state index contributed by atoms with van der Waals surface area (Å²) < 4.78 is 22.9. The number of allylic oxidation sites excluding steroid dienone is 10. The molecule has 2 atom stereocenters. The van der Waals surface area contributed by atoms with Crippen LogP contribution in [0.1, 0.15) is 386 Å². The Hall–Kier alpha value is -3.01. The first-order valence-electron chi connectivity index (χ1n) is 39.4. The van der Waals surface area contributed by atoms with E-state index in [4.69, 9.17) is 18.9 Å². The maximum Gasteiger partial charge on any atom is 0.306 e. The zero-order valence-electron chi connectivity index (χ0n) is 61.0. The van der Waals surface area contributed by atoms with Gasteiger partial charge < -0.3 is 33.3 Å². The molecule has 0 aliphatic carbocycles. The minimum atomic E-state index is -1.62. The Kier molecular flexibility index (Phi) is 70.4. The van der Waals surface area contributed by atoms with Gasteiger partial charge in [-0.2, -0.15) is 0 Å². The van der Waals surface area contributed by atoms with E-state index in [0.29, 0.717) is 17.4 Å². The van der Waals surface area contributed by atoms with Crippen LogP contribution in [0.4, 0.5) is 0 Å². The smallest absolute Gasteiger partial charge is 0.306 e. The highest BCUT2D eigenvalue weighted by Crippen LogP contribution is 2.19. The zero-order valence-corrected chi connectivity index (χ0v) is 61.0. The second-order valence-electron chi connectivity index (χ2n) is 28.0. The van der Waals surface area contributed by atoms with Crippen LogP contribution in [-0.4, -0.2) is 82.3 Å². The third-order valence-corrected chi connectivity index (χ3v) is 17.7. The largest absolute Gasteiger partial charge is 0.545 e. The van der Waals surface area contributed by atoms with Crippen LogP contribution in [0, 0.1) is 0 Å². The van der Waals surface area contributed by atoms with Crippen LogP contribution < -0.4 is 5.11 Å². The Balaban J connectivity index is 3.96. The molecule has 0 aromatic heterocycles. The van der Waals surface area contributed by atoms with Crippen molar-refractivity contribution < 1.29 is 42.9 Å². The average molecular weight is 1280 g/mol. The summed E-state index contributed by atoms with van der Waals surface area (Å²) in [6.45, 7) is 4.78. The number of carbonyl (C=O) groups is 3. The molecule has 0 fully saturated rings. The maximum atomic E-state index is 13.0. The van der Waals surface area contributed by atoms with Crippen molar-refractivity contribution in [1.29, 1.82) is 0 Å². The number of carboxylic acids is 1. The lowest BCUT2D eigenvalue weighted by molar-refractivity contribution is -0.870. The molecule has 2 unspecified atom stereocenters. The molecule has 0 N–H and O–H groups in total. The van der Waals surface area contributed by atoms with E-state index >= 15 is 0 Å². The molecule has 0 aromatic carbocycles. The van der Waals surface area contributed by atoms with Gasteiger partial charge in [-0.3, -0.25) is 9.59 Å². The Morgan fingerprint density at radius 3 is 0.879 bits per heavy atom. The number of rotatable bonds is 74. The minimum Gasteiger partial charge on any atom is -0.545 e. The lowest BCUT2D eigenvalue weighted by Gasteiger charge is -2.26. The van der Waals surface area contributed by atoms with Crippen LogP contribution in [0.5, 0.6) is 0 Å². The van der Waals surface area contributed by atoms with Crippen molar-refractivity contribution in [2.75, 3.05) is 47.5 Å². The standard InChI is InChI=1S/C82H151NO8/c1-6-8-10-12-14-16-18-20-22-24-26-28-30-32-33-34-35-36-37-38-39-40-41-42-43-44-45-46-47-49-51-53-55-57-59-61-63-65-67-69-71-73-80(85)91-78(77-90-82(81(86)87)88-75-74-83(3,4)5)76-89-79(84)72-70-68-66-64-62-60-58-56-54-52-50-48-31-29-27-25-23-21-19-17-15-13-11-9-7-2/h18-21,24-27,30,32,78,82H,6-17,22-23,28-29,31,33-77H2,1-5H3/b20-18-,21-19-,26-24-,27-25-,32-30-. The monoisotopic (exact) mass is 1280 g/mol. The van der Waals surface area contributed by atoms with E-state index in [1.807, 2.05) is 21.1 Å². The predicted octanol–water partition coefficient (Wildman–Crippen LogP) is 23.7. The van der Waals surface area contributed by atoms with Crippen molar-refractivity contribution in [3.63, 3.8) is 0 Å². The number of carboxylic acid groups (broad SMARTS) is 1. The molecule has 0 radical (unpaired) electrons. The number of esters is 2. The highest BCUT2D eigenvalue weighted by molar-refractivity contribution is 5.70. The highest BCUT2D eigenvalue weighted by atomic mass is 16.7. The fourth-order valence-electron chi connectivity index (χ4n) is 11.7. The van der Waals surface area contributed by atoms with E-state index in [9.17, 15) is 19.5 Å². The highest BCUT2D eigenvalue weighted by Gasteiger charge is 2.22. The number of ether oxygens (including phenoxy) is 4. The van der Waals surface area contributed by atoms with E-state index in [-0.39, 0.29) is 32.2 Å². The minimum absolute atomic E-state index is 0.149. The van der Waals surface area contributed by atoms with Gasteiger partial charge in [-0.05, 0) is 83.5 Å². The van der Waals surface area contributed by atoms with Crippen molar-refractivity contribution in [2.24, 2.45) is 0 Å². The van der Waals surface area contributed by atoms with Gasteiger partial charge in [0.1, 0.15) is 13.2 Å². The van der Waals surface area contributed by atoms with Crippen molar-refractivity contribution in [3.8, 4) is 0 Å². The van der Waals surface area contributed by atoms with Crippen LogP contribution in [0.15, 0.2) is 60.8 Å². The second-order valence-corrected chi connectivity index (χ2v) is 28.0. The van der Waals surface area contributed by atoms with E-state index < -0.39 is 24.3 Å². The van der Waals surface area contributed by atoms with Crippen LogP contribution in [-0.2, 0) is 33.3 Å². The number of aliphatic carboxylic acids is 1. The average Bonchev–Trinajstić information content (AvgIpc) is 3.53. The van der Waals surface area contributed by atoms with Gasteiger partial charge in [0.15, 0.2) is 12.4 Å². The Morgan fingerprint density at radius 1 is 0.330 bits per heavy atom. The summed E-state index contributed by atoms with van der Waals surface area (Å²) in [5, 5.41) is 11.8. The summed E-state index contributed by atoms with van der Waals surface area (Å²) in [6, 6.07) is 0. The molecule has 91 heavy (non-hydrogen) atoms. The van der Waals surface area contributed by atoms with E-state index in [2.05, 4.69) is 74.6 Å². The van der Waals surface area contributed by atoms with Crippen LogP contribution >= 0.6 is 0 Å². The fourth-order valence-corrected chi connectivity index (χ4v) is 11.7. The molecule has 9 heteroatoms. The van der Waals surface area contributed by atoms with Gasteiger partial charge >= 0.3 is 11.9 Å². The number of quaternary nitrogens is 1. The first kappa shape index (κ1) is 88.0. The fraction of sp³-hybridized carbons (Fsp3) is 0.841. The number of carbonyl (C=O) groups excluding carboxylic acids is 3. The topological polar surface area (TPSA) is 111 Å². The van der Waals surface area contributed by atoms with E-state index in [0.717, 1.165) is 57.8 Å². The van der Waals surface area contributed by atoms with Crippen LogP contribution in [0.3, 0.4) is 0 Å². The first-order chi connectivity index (χ1) is 44.6. The summed E-state index contributed by atoms with van der Waals surface area (Å²) >= 11 is 0. The van der Waals surface area contributed by atoms with Crippen LogP contribution in [0.2, 0.25) is 0 Å². The molecule has 0 aliphatic rings. The number of nitrogens with zero attached hydrogens (tertiary/aromatic N) is 1. The molecular weight excluding hydrogens is 1130 g/mol. The third-order valence-electron chi connectivity index (χ3n) is 17.7. The molecule has 0 rings (SSSR count). The quantitative estimate of drug-likeness (QED) is 0.0195. The normalized spacial score (nSPS) is 12.9. The van der Waals surface area contributed by atoms with Crippen molar-refractivity contribution in [2.45, 2.75) is 399 Å². The molecule has 0 saturated heterocycles. The molecule has 532 valence electrons. The van der Waals surface area contributed by atoms with Crippen LogP contribution in [0.25, 0.3) is 0 Å². The Labute approximate surface area is 565 Å². The molecule has 0 bridgehead atoms. The lowest BCUT2D eigenvalue weighted by atomic mass is 10.0. The summed E-state index contributed by atoms with van der Waals surface area (Å²) in [7, 11) is 5.95. The van der Waals surface area contributed by atoms with Gasteiger partial charge in [-0.25, -0.2) is 0 Å². The Bertz CT molecular complexity index is 1680. The molecule has 0 saturated carbocycles. The summed E-state index contributed by atoms with van der Waals surface area (Å²) in [5.41, 5.74) is 0. The molecule has 0 spiro atoms.